The molecule has 4 atom stereocenters. The van der Waals surface area contributed by atoms with Gasteiger partial charge in [0.1, 0.15) is 11.7 Å². The number of carboxylic acids is 1. The number of carbonyl (C=O) groups excluding carboxylic acids is 3. The van der Waals surface area contributed by atoms with Crippen LogP contribution in [0.5, 0.6) is 0 Å². The van der Waals surface area contributed by atoms with Crippen molar-refractivity contribution in [2.75, 3.05) is 25.4 Å². The van der Waals surface area contributed by atoms with Crippen molar-refractivity contribution < 1.29 is 42.1 Å². The summed E-state index contributed by atoms with van der Waals surface area (Å²) in [7, 11) is -5.00. The smallest absolute Gasteiger partial charge is 0.362 e. The Labute approximate surface area is 238 Å². The molecule has 1 aliphatic carbocycles. The van der Waals surface area contributed by atoms with E-state index in [9.17, 15) is 37.3 Å². The lowest BCUT2D eigenvalue weighted by atomic mass is 9.87. The van der Waals surface area contributed by atoms with E-state index in [4.69, 9.17) is 16.3 Å². The van der Waals surface area contributed by atoms with E-state index in [0.717, 1.165) is 11.3 Å². The van der Waals surface area contributed by atoms with Gasteiger partial charge < -0.3 is 37.4 Å². The Morgan fingerprint density at radius 3 is 2.61 bits per heavy atom. The molecule has 4 rings (SSSR count). The van der Waals surface area contributed by atoms with Crippen molar-refractivity contribution in [3.8, 4) is 0 Å². The second-order valence-corrected chi connectivity index (χ2v) is 12.3. The van der Waals surface area contributed by atoms with E-state index in [1.165, 1.54) is 5.38 Å². The van der Waals surface area contributed by atoms with Gasteiger partial charge in [0, 0.05) is 49.8 Å². The van der Waals surface area contributed by atoms with E-state index >= 15 is 0 Å². The monoisotopic (exact) mass is 616 g/mol. The van der Waals surface area contributed by atoms with Gasteiger partial charge in [0.15, 0.2) is 10.8 Å². The first-order valence-electron chi connectivity index (χ1n) is 12.9. The van der Waals surface area contributed by atoms with E-state index in [1.807, 2.05) is 0 Å². The van der Waals surface area contributed by atoms with Gasteiger partial charge in [-0.25, -0.2) is 14.1 Å². The number of nitrogens with zero attached hydrogens (tertiary/aromatic N) is 3. The summed E-state index contributed by atoms with van der Waals surface area (Å²) in [4.78, 5) is 60.0. The summed E-state index contributed by atoms with van der Waals surface area (Å²) >= 11 is 0.976. The predicted molar refractivity (Wildman–Crippen MR) is 144 cm³/mol. The molecule has 3 aliphatic rings. The lowest BCUT2D eigenvalue weighted by molar-refractivity contribution is -0.165. The van der Waals surface area contributed by atoms with E-state index in [-0.39, 0.29) is 46.3 Å². The minimum atomic E-state index is -5.00. The number of rotatable bonds is 13. The van der Waals surface area contributed by atoms with Crippen LogP contribution in [0, 0.1) is 5.92 Å². The number of thiazole rings is 1. The Balaban J connectivity index is 1.54. The van der Waals surface area contributed by atoms with E-state index in [0.29, 0.717) is 38.9 Å². The highest BCUT2D eigenvalue weighted by atomic mass is 32.2. The number of carbonyl (C=O) groups is 4. The zero-order chi connectivity index (χ0) is 29.9. The number of β-lactam (4-membered cyclic amide) rings is 1. The SMILES string of the molecule is NCCNCC1C[C@H](C[C@@H]2[C@H](NC(=O)/C(=N\OC3(C(=O)O)CCCC3)c3csc(N)n3)C(=O)N2S(=O)(=O)O)C(=O)N1. The molecule has 3 amide bonds. The number of amides is 3. The maximum absolute atomic E-state index is 13.4. The van der Waals surface area contributed by atoms with E-state index in [1.54, 1.807) is 0 Å². The molecule has 0 radical (unpaired) electrons. The van der Waals surface area contributed by atoms with Crippen LogP contribution in [0.25, 0.3) is 0 Å². The molecule has 2 aliphatic heterocycles. The van der Waals surface area contributed by atoms with Crippen LogP contribution in [0.2, 0.25) is 0 Å². The zero-order valence-corrected chi connectivity index (χ0v) is 23.4. The first-order chi connectivity index (χ1) is 19.4. The van der Waals surface area contributed by atoms with Crippen molar-refractivity contribution in [3.05, 3.63) is 11.1 Å². The van der Waals surface area contributed by atoms with Crippen LogP contribution in [-0.2, 0) is 34.3 Å². The molecule has 0 aromatic carbocycles. The van der Waals surface area contributed by atoms with Gasteiger partial charge in [0.25, 0.3) is 11.8 Å². The van der Waals surface area contributed by atoms with Gasteiger partial charge in [-0.3, -0.25) is 18.9 Å². The maximum Gasteiger partial charge on any atom is 0.362 e. The summed E-state index contributed by atoms with van der Waals surface area (Å²) in [5.41, 5.74) is 8.98. The molecule has 17 nitrogen and oxygen atoms in total. The quantitative estimate of drug-likeness (QED) is 0.0407. The molecule has 1 aromatic rings. The van der Waals surface area contributed by atoms with Crippen LogP contribution in [0.15, 0.2) is 10.5 Å². The van der Waals surface area contributed by atoms with Crippen LogP contribution in [0.1, 0.15) is 44.2 Å². The van der Waals surface area contributed by atoms with E-state index in [2.05, 4.69) is 26.1 Å². The number of anilines is 1. The fourth-order valence-corrected chi connectivity index (χ4v) is 6.70. The number of hydrogen-bond donors (Lipinski definition) is 7. The molecule has 2 saturated heterocycles. The molecule has 1 aromatic heterocycles. The number of oxime groups is 1. The highest BCUT2D eigenvalue weighted by Gasteiger charge is 2.55. The molecular weight excluding hydrogens is 584 g/mol. The summed E-state index contributed by atoms with van der Waals surface area (Å²) in [6.45, 7) is 1.37. The number of carboxylic acid groups (broad SMARTS) is 1. The molecule has 0 spiro atoms. The second kappa shape index (κ2) is 12.2. The molecular formula is C22H32N8O9S2. The maximum atomic E-state index is 13.4. The molecule has 19 heteroatoms. The third-order valence-corrected chi connectivity index (χ3v) is 8.94. The summed E-state index contributed by atoms with van der Waals surface area (Å²) in [5.74, 6) is -4.48. The Morgan fingerprint density at radius 2 is 2.02 bits per heavy atom. The average Bonchev–Trinajstić information content (AvgIpc) is 3.63. The first kappa shape index (κ1) is 30.6. The van der Waals surface area contributed by atoms with Gasteiger partial charge in [0.05, 0.1) is 6.04 Å². The van der Waals surface area contributed by atoms with Crippen LogP contribution in [0.3, 0.4) is 0 Å². The number of nitrogens with two attached hydrogens (primary N) is 2. The fourth-order valence-electron chi connectivity index (χ4n) is 5.26. The van der Waals surface area contributed by atoms with Crippen molar-refractivity contribution in [1.82, 2.24) is 25.2 Å². The van der Waals surface area contributed by atoms with Crippen molar-refractivity contribution in [2.45, 2.75) is 62.3 Å². The van der Waals surface area contributed by atoms with Gasteiger partial charge in [-0.1, -0.05) is 5.16 Å². The number of hydrogen-bond acceptors (Lipinski definition) is 13. The van der Waals surface area contributed by atoms with Crippen LogP contribution < -0.4 is 27.4 Å². The largest absolute Gasteiger partial charge is 0.478 e. The number of nitrogen functional groups attached to an aromatic ring is 1. The Morgan fingerprint density at radius 1 is 1.32 bits per heavy atom. The Bertz CT molecular complexity index is 1330. The zero-order valence-electron chi connectivity index (χ0n) is 21.8. The standard InChI is InChI=1S/C22H32N8O9S2/c23-5-6-25-9-12-7-11(17(31)26-12)8-14-16(19(33)30(14)41(36,37)38)28-18(32)15(13-10-40-21(24)27-13)29-39-22(20(34)35)3-1-2-4-22/h10-12,14,16,25H,1-9,23H2,(H2,24,27)(H,26,31)(H,28,32)(H,34,35)(H,36,37,38)/b29-15-/t11-,12?,14-,16+/m1/s1. The Kier molecular flexibility index (Phi) is 9.12. The van der Waals surface area contributed by atoms with Crippen molar-refractivity contribution in [1.29, 1.82) is 0 Å². The third kappa shape index (κ3) is 6.58. The lowest BCUT2D eigenvalue weighted by Crippen LogP contribution is -2.72. The summed E-state index contributed by atoms with van der Waals surface area (Å²) in [5, 5.41) is 23.2. The normalized spacial score (nSPS) is 26.0. The molecule has 3 heterocycles. The molecule has 9 N–H and O–H groups in total. The Hall–Kier alpha value is -3.39. The van der Waals surface area contributed by atoms with Crippen LogP contribution in [0.4, 0.5) is 5.13 Å². The number of aromatic nitrogens is 1. The number of nitrogens with one attached hydrogen (secondary N) is 3. The van der Waals surface area contributed by atoms with Gasteiger partial charge >= 0.3 is 16.3 Å². The van der Waals surface area contributed by atoms with Crippen LogP contribution in [-0.4, -0.2) is 100 Å². The van der Waals surface area contributed by atoms with Gasteiger partial charge in [0.2, 0.25) is 11.5 Å². The highest BCUT2D eigenvalue weighted by molar-refractivity contribution is 7.84. The van der Waals surface area contributed by atoms with E-state index < -0.39 is 57.4 Å². The molecule has 41 heavy (non-hydrogen) atoms. The van der Waals surface area contributed by atoms with Crippen molar-refractivity contribution in [2.24, 2.45) is 16.8 Å². The summed E-state index contributed by atoms with van der Waals surface area (Å²) < 4.78 is 33.8. The highest BCUT2D eigenvalue weighted by Crippen LogP contribution is 2.35. The molecule has 1 unspecified atom stereocenters. The number of aliphatic carboxylic acids is 1. The summed E-state index contributed by atoms with van der Waals surface area (Å²) in [6.07, 6.45) is 1.63. The molecule has 3 fully saturated rings. The second-order valence-electron chi connectivity index (χ2n) is 10.1. The average molecular weight is 617 g/mol. The summed E-state index contributed by atoms with van der Waals surface area (Å²) in [6, 6.07) is -2.99. The topological polar surface area (TPSA) is 269 Å². The minimum Gasteiger partial charge on any atom is -0.478 e. The minimum absolute atomic E-state index is 0.0542. The molecule has 0 bridgehead atoms. The van der Waals surface area contributed by atoms with Gasteiger partial charge in [-0.15, -0.1) is 11.3 Å². The predicted octanol–water partition coefficient (Wildman–Crippen LogP) is -2.22. The lowest BCUT2D eigenvalue weighted by Gasteiger charge is -2.45. The first-order valence-corrected chi connectivity index (χ1v) is 15.2. The van der Waals surface area contributed by atoms with Crippen LogP contribution >= 0.6 is 11.3 Å². The molecule has 1 saturated carbocycles. The molecule has 226 valence electrons. The van der Waals surface area contributed by atoms with Gasteiger partial charge in [-0.05, 0) is 25.7 Å². The van der Waals surface area contributed by atoms with Crippen molar-refractivity contribution in [3.63, 3.8) is 0 Å². The third-order valence-electron chi connectivity index (χ3n) is 7.32. The fraction of sp³-hybridized carbons (Fsp3) is 0.636. The van der Waals surface area contributed by atoms with Crippen molar-refractivity contribution >= 4 is 56.2 Å². The van der Waals surface area contributed by atoms with Gasteiger partial charge in [-0.2, -0.15) is 8.42 Å².